The Balaban J connectivity index is 1.68. The van der Waals surface area contributed by atoms with E-state index in [4.69, 9.17) is 0 Å². The number of rotatable bonds is 3. The first kappa shape index (κ1) is 15.5. The number of likely N-dealkylation sites (tertiary alicyclic amines) is 1. The summed E-state index contributed by atoms with van der Waals surface area (Å²) in [4.78, 5) is 38.8. The summed E-state index contributed by atoms with van der Waals surface area (Å²) < 4.78 is 0. The standard InChI is InChI=1S/C17H21N3O3/c1-12-4-2-3-9-19(12)16(22)14-7-5-13(6-8-14)11-20-15(21)10-18-17(20)23/h5-8,12H,2-4,9-11H2,1H3,(H,18,23)/t12-/m1/s1. The van der Waals surface area contributed by atoms with Crippen molar-refractivity contribution >= 4 is 17.8 Å². The molecule has 0 bridgehead atoms. The molecule has 2 heterocycles. The van der Waals surface area contributed by atoms with Gasteiger partial charge >= 0.3 is 6.03 Å². The molecular weight excluding hydrogens is 294 g/mol. The van der Waals surface area contributed by atoms with E-state index < -0.39 is 0 Å². The SMILES string of the molecule is C[C@@H]1CCCCN1C(=O)c1ccc(CN2C(=O)CNC2=O)cc1. The maximum absolute atomic E-state index is 12.6. The van der Waals surface area contributed by atoms with Gasteiger partial charge in [-0.15, -0.1) is 0 Å². The molecule has 4 amide bonds. The summed E-state index contributed by atoms with van der Waals surface area (Å²) in [6.45, 7) is 3.19. The number of hydrogen-bond acceptors (Lipinski definition) is 3. The van der Waals surface area contributed by atoms with E-state index in [1.165, 1.54) is 11.3 Å². The summed E-state index contributed by atoms with van der Waals surface area (Å²) >= 11 is 0. The van der Waals surface area contributed by atoms with Crippen LogP contribution in [0.25, 0.3) is 0 Å². The molecule has 0 unspecified atom stereocenters. The lowest BCUT2D eigenvalue weighted by Crippen LogP contribution is -2.42. The number of nitrogens with zero attached hydrogens (tertiary/aromatic N) is 2. The molecule has 0 aliphatic carbocycles. The minimum Gasteiger partial charge on any atom is -0.336 e. The molecule has 1 aromatic carbocycles. The second-order valence-corrected chi connectivity index (χ2v) is 6.18. The zero-order valence-corrected chi connectivity index (χ0v) is 13.2. The maximum Gasteiger partial charge on any atom is 0.324 e. The van der Waals surface area contributed by atoms with Gasteiger partial charge in [0.25, 0.3) is 5.91 Å². The molecule has 2 fully saturated rings. The number of benzene rings is 1. The van der Waals surface area contributed by atoms with Gasteiger partial charge in [-0.2, -0.15) is 0 Å². The second-order valence-electron chi connectivity index (χ2n) is 6.18. The Labute approximate surface area is 135 Å². The molecule has 2 aliphatic rings. The normalized spacial score (nSPS) is 21.5. The number of piperidine rings is 1. The van der Waals surface area contributed by atoms with Crippen molar-refractivity contribution in [2.75, 3.05) is 13.1 Å². The molecule has 1 N–H and O–H groups in total. The molecule has 0 radical (unpaired) electrons. The number of carbonyl (C=O) groups is 3. The Morgan fingerprint density at radius 3 is 2.57 bits per heavy atom. The summed E-state index contributed by atoms with van der Waals surface area (Å²) in [7, 11) is 0. The lowest BCUT2D eigenvalue weighted by Gasteiger charge is -2.33. The molecule has 122 valence electrons. The van der Waals surface area contributed by atoms with Gasteiger partial charge in [0.15, 0.2) is 0 Å². The van der Waals surface area contributed by atoms with Crippen molar-refractivity contribution in [3.63, 3.8) is 0 Å². The number of urea groups is 1. The topological polar surface area (TPSA) is 69.7 Å². The fourth-order valence-electron chi connectivity index (χ4n) is 3.12. The van der Waals surface area contributed by atoms with Crippen LogP contribution in [0.1, 0.15) is 42.1 Å². The zero-order valence-electron chi connectivity index (χ0n) is 13.2. The van der Waals surface area contributed by atoms with Gasteiger partial charge in [-0.05, 0) is 43.9 Å². The Morgan fingerprint density at radius 2 is 1.96 bits per heavy atom. The average Bonchev–Trinajstić information content (AvgIpc) is 2.87. The maximum atomic E-state index is 12.6. The molecule has 0 saturated carbocycles. The third-order valence-corrected chi connectivity index (χ3v) is 4.54. The van der Waals surface area contributed by atoms with Crippen LogP contribution >= 0.6 is 0 Å². The highest BCUT2D eigenvalue weighted by atomic mass is 16.2. The van der Waals surface area contributed by atoms with Crippen molar-refractivity contribution in [3.05, 3.63) is 35.4 Å². The molecule has 2 aliphatic heterocycles. The van der Waals surface area contributed by atoms with Crippen LogP contribution in [0.3, 0.4) is 0 Å². The third-order valence-electron chi connectivity index (χ3n) is 4.54. The summed E-state index contributed by atoms with van der Waals surface area (Å²) in [6, 6.07) is 7.08. The van der Waals surface area contributed by atoms with Crippen LogP contribution in [0, 0.1) is 0 Å². The van der Waals surface area contributed by atoms with Crippen LogP contribution in [0.5, 0.6) is 0 Å². The van der Waals surface area contributed by atoms with E-state index in [9.17, 15) is 14.4 Å². The van der Waals surface area contributed by atoms with Crippen molar-refractivity contribution < 1.29 is 14.4 Å². The molecule has 6 nitrogen and oxygen atoms in total. The van der Waals surface area contributed by atoms with Crippen molar-refractivity contribution in [3.8, 4) is 0 Å². The number of carbonyl (C=O) groups excluding carboxylic acids is 3. The van der Waals surface area contributed by atoms with Crippen LogP contribution in [0.2, 0.25) is 0 Å². The summed E-state index contributed by atoms with van der Waals surface area (Å²) in [5, 5.41) is 2.49. The first-order chi connectivity index (χ1) is 11.1. The lowest BCUT2D eigenvalue weighted by molar-refractivity contribution is -0.125. The quantitative estimate of drug-likeness (QED) is 0.864. The fourth-order valence-corrected chi connectivity index (χ4v) is 3.12. The van der Waals surface area contributed by atoms with Crippen LogP contribution in [-0.2, 0) is 11.3 Å². The lowest BCUT2D eigenvalue weighted by atomic mass is 10.0. The monoisotopic (exact) mass is 315 g/mol. The molecule has 1 aromatic rings. The van der Waals surface area contributed by atoms with Gasteiger partial charge in [-0.25, -0.2) is 4.79 Å². The van der Waals surface area contributed by atoms with Crippen LogP contribution in [-0.4, -0.2) is 46.8 Å². The van der Waals surface area contributed by atoms with E-state index in [-0.39, 0.29) is 37.0 Å². The Bertz CT molecular complexity index is 610. The summed E-state index contributed by atoms with van der Waals surface area (Å²) in [6.07, 6.45) is 3.28. The first-order valence-corrected chi connectivity index (χ1v) is 8.04. The highest BCUT2D eigenvalue weighted by Crippen LogP contribution is 2.20. The molecule has 0 spiro atoms. The summed E-state index contributed by atoms with van der Waals surface area (Å²) in [5.74, 6) is -0.170. The second kappa shape index (κ2) is 6.40. The van der Waals surface area contributed by atoms with E-state index in [0.717, 1.165) is 24.9 Å². The van der Waals surface area contributed by atoms with Gasteiger partial charge in [0, 0.05) is 18.2 Å². The minimum atomic E-state index is -0.364. The van der Waals surface area contributed by atoms with Crippen molar-refractivity contribution in [2.24, 2.45) is 0 Å². The Hall–Kier alpha value is -2.37. The largest absolute Gasteiger partial charge is 0.336 e. The molecule has 23 heavy (non-hydrogen) atoms. The average molecular weight is 315 g/mol. The van der Waals surface area contributed by atoms with E-state index in [1.807, 2.05) is 4.90 Å². The molecule has 6 heteroatoms. The molecule has 3 rings (SSSR count). The van der Waals surface area contributed by atoms with Gasteiger partial charge in [-0.3, -0.25) is 14.5 Å². The van der Waals surface area contributed by atoms with Crippen LogP contribution < -0.4 is 5.32 Å². The van der Waals surface area contributed by atoms with Crippen molar-refractivity contribution in [2.45, 2.75) is 38.8 Å². The predicted molar refractivity (Wildman–Crippen MR) is 84.7 cm³/mol. The smallest absolute Gasteiger partial charge is 0.324 e. The number of amides is 4. The van der Waals surface area contributed by atoms with E-state index in [1.54, 1.807) is 24.3 Å². The summed E-state index contributed by atoms with van der Waals surface area (Å²) in [5.41, 5.74) is 1.48. The van der Waals surface area contributed by atoms with E-state index in [2.05, 4.69) is 12.2 Å². The number of imide groups is 1. The van der Waals surface area contributed by atoms with Gasteiger partial charge < -0.3 is 10.2 Å². The van der Waals surface area contributed by atoms with Gasteiger partial charge in [0.05, 0.1) is 13.1 Å². The Morgan fingerprint density at radius 1 is 1.22 bits per heavy atom. The first-order valence-electron chi connectivity index (χ1n) is 8.04. The highest BCUT2D eigenvalue weighted by Gasteiger charge is 2.28. The Kier molecular flexibility index (Phi) is 4.32. The highest BCUT2D eigenvalue weighted by molar-refractivity contribution is 6.01. The van der Waals surface area contributed by atoms with E-state index >= 15 is 0 Å². The van der Waals surface area contributed by atoms with Crippen molar-refractivity contribution in [1.29, 1.82) is 0 Å². The van der Waals surface area contributed by atoms with Gasteiger partial charge in [-0.1, -0.05) is 12.1 Å². The zero-order chi connectivity index (χ0) is 16.4. The van der Waals surface area contributed by atoms with Crippen LogP contribution in [0.15, 0.2) is 24.3 Å². The molecule has 0 aromatic heterocycles. The van der Waals surface area contributed by atoms with Gasteiger partial charge in [0.2, 0.25) is 5.91 Å². The number of hydrogen-bond donors (Lipinski definition) is 1. The minimum absolute atomic E-state index is 0.0544. The van der Waals surface area contributed by atoms with Crippen LogP contribution in [0.4, 0.5) is 4.79 Å². The third kappa shape index (κ3) is 3.21. The number of nitrogens with one attached hydrogen (secondary N) is 1. The molecule has 1 atom stereocenters. The molecule has 2 saturated heterocycles. The van der Waals surface area contributed by atoms with Crippen molar-refractivity contribution in [1.82, 2.24) is 15.1 Å². The fraction of sp³-hybridized carbons (Fsp3) is 0.471. The van der Waals surface area contributed by atoms with E-state index in [0.29, 0.717) is 5.56 Å². The van der Waals surface area contributed by atoms with Gasteiger partial charge in [0.1, 0.15) is 0 Å². The predicted octanol–water partition coefficient (Wildman–Crippen LogP) is 1.75. The molecular formula is C17H21N3O3.